The number of anilines is 1. The first-order valence-corrected chi connectivity index (χ1v) is 10.7. The van der Waals surface area contributed by atoms with Gasteiger partial charge in [0.15, 0.2) is 17.3 Å². The molecule has 0 bridgehead atoms. The first-order chi connectivity index (χ1) is 16.9. The molecule has 0 aliphatic heterocycles. The van der Waals surface area contributed by atoms with Crippen LogP contribution in [-0.4, -0.2) is 17.9 Å². The Labute approximate surface area is 205 Å². The van der Waals surface area contributed by atoms with Crippen molar-refractivity contribution in [2.75, 3.05) is 12.4 Å². The molecule has 0 unspecified atom stereocenters. The number of amides is 1. The molecule has 0 spiro atoms. The summed E-state index contributed by atoms with van der Waals surface area (Å²) in [6.45, 7) is 0.0730. The number of hydrogen-bond donors (Lipinski definition) is 1. The van der Waals surface area contributed by atoms with E-state index >= 15 is 0 Å². The highest BCUT2D eigenvalue weighted by molar-refractivity contribution is 6.30. The van der Waals surface area contributed by atoms with E-state index in [2.05, 4.69) is 5.32 Å². The molecule has 35 heavy (non-hydrogen) atoms. The van der Waals surface area contributed by atoms with Crippen molar-refractivity contribution in [3.8, 4) is 23.0 Å². The topological polar surface area (TPSA) is 113 Å². The van der Waals surface area contributed by atoms with Gasteiger partial charge >= 0.3 is 0 Å². The molecule has 1 amide bonds. The van der Waals surface area contributed by atoms with Gasteiger partial charge in [-0.15, -0.1) is 0 Å². The van der Waals surface area contributed by atoms with E-state index in [-0.39, 0.29) is 29.5 Å². The summed E-state index contributed by atoms with van der Waals surface area (Å²) in [5.74, 6) is 1.52. The lowest BCUT2D eigenvalue weighted by Gasteiger charge is -2.09. The summed E-state index contributed by atoms with van der Waals surface area (Å²) in [5, 5.41) is 14.5. The third kappa shape index (κ3) is 6.10. The summed E-state index contributed by atoms with van der Waals surface area (Å²) in [5.41, 5.74) is -0.0894. The van der Waals surface area contributed by atoms with Crippen LogP contribution in [0, 0.1) is 10.1 Å². The van der Waals surface area contributed by atoms with E-state index in [1.54, 1.807) is 42.5 Å². The van der Waals surface area contributed by atoms with Crippen molar-refractivity contribution in [2.24, 2.45) is 0 Å². The first kappa shape index (κ1) is 23.7. The number of methoxy groups -OCH3 is 1. The van der Waals surface area contributed by atoms with E-state index in [9.17, 15) is 14.9 Å². The second kappa shape index (κ2) is 10.6. The molecule has 9 nitrogen and oxygen atoms in total. The Morgan fingerprint density at radius 2 is 1.74 bits per heavy atom. The average Bonchev–Trinajstić information content (AvgIpc) is 3.33. The minimum Gasteiger partial charge on any atom is -0.493 e. The van der Waals surface area contributed by atoms with Gasteiger partial charge in [-0.2, -0.15) is 0 Å². The molecule has 178 valence electrons. The van der Waals surface area contributed by atoms with Gasteiger partial charge in [-0.25, -0.2) is 0 Å². The Balaban J connectivity index is 1.46. The molecule has 1 N–H and O–H groups in total. The van der Waals surface area contributed by atoms with Crippen LogP contribution >= 0.6 is 11.6 Å². The molecular formula is C25H19ClN2O7. The molecule has 0 saturated carbocycles. The van der Waals surface area contributed by atoms with E-state index < -0.39 is 10.8 Å². The fraction of sp³-hybridized carbons (Fsp3) is 0.0800. The normalized spacial score (nSPS) is 10.5. The molecular weight excluding hydrogens is 476 g/mol. The van der Waals surface area contributed by atoms with E-state index in [1.807, 2.05) is 12.1 Å². The number of carbonyl (C=O) groups is 1. The third-order valence-corrected chi connectivity index (χ3v) is 4.99. The van der Waals surface area contributed by atoms with Crippen molar-refractivity contribution in [1.82, 2.24) is 0 Å². The van der Waals surface area contributed by atoms with Crippen LogP contribution in [0.15, 0.2) is 83.3 Å². The Morgan fingerprint density at radius 1 is 1.00 bits per heavy atom. The van der Waals surface area contributed by atoms with Crippen LogP contribution in [0.1, 0.15) is 16.3 Å². The third-order valence-electron chi connectivity index (χ3n) is 4.73. The van der Waals surface area contributed by atoms with Gasteiger partial charge in [0.1, 0.15) is 23.9 Å². The zero-order chi connectivity index (χ0) is 24.8. The molecule has 0 saturated heterocycles. The van der Waals surface area contributed by atoms with E-state index in [0.29, 0.717) is 28.0 Å². The maximum absolute atomic E-state index is 12.7. The predicted octanol–water partition coefficient (Wildman–Crippen LogP) is 6.47. The maximum Gasteiger partial charge on any atom is 0.291 e. The van der Waals surface area contributed by atoms with Gasteiger partial charge in [0.25, 0.3) is 11.6 Å². The van der Waals surface area contributed by atoms with Crippen LogP contribution in [0.4, 0.5) is 11.4 Å². The summed E-state index contributed by atoms with van der Waals surface area (Å²) in [4.78, 5) is 23.5. The number of non-ortho nitro benzene ring substituents is 1. The number of carbonyl (C=O) groups excluding carboxylic acids is 1. The molecule has 10 heteroatoms. The molecule has 3 aromatic carbocycles. The highest BCUT2D eigenvalue weighted by Gasteiger charge is 2.17. The van der Waals surface area contributed by atoms with Crippen molar-refractivity contribution >= 4 is 28.9 Å². The fourth-order valence-electron chi connectivity index (χ4n) is 3.12. The second-order valence-electron chi connectivity index (χ2n) is 7.19. The number of nitrogens with zero attached hydrogens (tertiary/aromatic N) is 1. The van der Waals surface area contributed by atoms with Crippen LogP contribution in [-0.2, 0) is 6.61 Å². The number of hydrogen-bond acceptors (Lipinski definition) is 7. The molecule has 4 aromatic rings. The lowest BCUT2D eigenvalue weighted by molar-refractivity contribution is -0.384. The van der Waals surface area contributed by atoms with Gasteiger partial charge in [-0.05, 0) is 48.5 Å². The Hall–Kier alpha value is -4.50. The number of nitro benzene ring substituents is 1. The summed E-state index contributed by atoms with van der Waals surface area (Å²) >= 11 is 5.87. The van der Waals surface area contributed by atoms with Crippen molar-refractivity contribution in [3.63, 3.8) is 0 Å². The van der Waals surface area contributed by atoms with Crippen LogP contribution in [0.25, 0.3) is 0 Å². The molecule has 4 rings (SSSR count). The summed E-state index contributed by atoms with van der Waals surface area (Å²) in [6.07, 6.45) is 0. The highest BCUT2D eigenvalue weighted by atomic mass is 35.5. The molecule has 1 heterocycles. The van der Waals surface area contributed by atoms with Crippen LogP contribution in [0.3, 0.4) is 0 Å². The zero-order valence-corrected chi connectivity index (χ0v) is 19.2. The number of ether oxygens (including phenoxy) is 3. The predicted molar refractivity (Wildman–Crippen MR) is 129 cm³/mol. The molecule has 0 aliphatic carbocycles. The molecule has 0 aliphatic rings. The van der Waals surface area contributed by atoms with Crippen LogP contribution in [0.5, 0.6) is 23.0 Å². The number of nitro groups is 1. The van der Waals surface area contributed by atoms with Crippen LogP contribution < -0.4 is 19.5 Å². The number of furan rings is 1. The summed E-state index contributed by atoms with van der Waals surface area (Å²) in [6, 6.07) is 20.7. The highest BCUT2D eigenvalue weighted by Crippen LogP contribution is 2.31. The maximum atomic E-state index is 12.7. The number of rotatable bonds is 9. The number of halogens is 1. The van der Waals surface area contributed by atoms with Gasteiger partial charge in [0.2, 0.25) is 0 Å². The van der Waals surface area contributed by atoms with E-state index in [1.165, 1.54) is 31.4 Å². The Morgan fingerprint density at radius 3 is 2.46 bits per heavy atom. The smallest absolute Gasteiger partial charge is 0.291 e. The quantitative estimate of drug-likeness (QED) is 0.209. The Kier molecular flexibility index (Phi) is 7.18. The zero-order valence-electron chi connectivity index (χ0n) is 18.4. The van der Waals surface area contributed by atoms with Crippen molar-refractivity contribution < 1.29 is 28.3 Å². The summed E-state index contributed by atoms with van der Waals surface area (Å²) in [7, 11) is 1.54. The van der Waals surface area contributed by atoms with Crippen molar-refractivity contribution in [1.29, 1.82) is 0 Å². The number of nitrogens with one attached hydrogen (secondary N) is 1. The van der Waals surface area contributed by atoms with Crippen molar-refractivity contribution in [3.05, 3.63) is 106 Å². The van der Waals surface area contributed by atoms with Gasteiger partial charge in [-0.3, -0.25) is 14.9 Å². The first-order valence-electron chi connectivity index (χ1n) is 10.3. The molecule has 0 radical (unpaired) electrons. The largest absolute Gasteiger partial charge is 0.493 e. The molecule has 0 fully saturated rings. The molecule has 1 aromatic heterocycles. The Bertz CT molecular complexity index is 1350. The second-order valence-corrected chi connectivity index (χ2v) is 7.62. The van der Waals surface area contributed by atoms with Gasteiger partial charge in [0, 0.05) is 17.2 Å². The van der Waals surface area contributed by atoms with Crippen molar-refractivity contribution in [2.45, 2.75) is 6.61 Å². The molecule has 0 atom stereocenters. The number of benzene rings is 3. The SMILES string of the molecule is COc1ccccc1OCc1ccc(C(=O)Nc2cc(Oc3ccc(Cl)cc3)cc([N+](=O)[O-])c2)o1. The van der Waals surface area contributed by atoms with Crippen LogP contribution in [0.2, 0.25) is 5.02 Å². The lowest BCUT2D eigenvalue weighted by Crippen LogP contribution is -2.11. The van der Waals surface area contributed by atoms with E-state index in [0.717, 1.165) is 0 Å². The summed E-state index contributed by atoms with van der Waals surface area (Å²) < 4.78 is 22.2. The van der Waals surface area contributed by atoms with Gasteiger partial charge in [0.05, 0.1) is 23.8 Å². The minimum atomic E-state index is -0.591. The van der Waals surface area contributed by atoms with E-state index in [4.69, 9.17) is 30.2 Å². The average molecular weight is 495 g/mol. The van der Waals surface area contributed by atoms with Gasteiger partial charge in [-0.1, -0.05) is 23.7 Å². The monoisotopic (exact) mass is 494 g/mol. The minimum absolute atomic E-state index is 0.00954. The number of para-hydroxylation sites is 2. The standard InChI is InChI=1S/C25H19ClN2O7/c1-32-22-4-2-3-5-23(22)33-15-20-10-11-24(35-20)25(29)27-17-12-18(28(30)31)14-21(13-17)34-19-8-6-16(26)7-9-19/h2-14H,15H2,1H3,(H,27,29). The fourth-order valence-corrected chi connectivity index (χ4v) is 3.24. The lowest BCUT2D eigenvalue weighted by atomic mass is 10.2. The van der Waals surface area contributed by atoms with Gasteiger partial charge < -0.3 is 23.9 Å².